The first-order valence-corrected chi connectivity index (χ1v) is 10.6. The van der Waals surface area contributed by atoms with Crippen LogP contribution in [0.2, 0.25) is 0 Å². The van der Waals surface area contributed by atoms with Gasteiger partial charge in [-0.2, -0.15) is 0 Å². The van der Waals surface area contributed by atoms with E-state index in [1.165, 1.54) is 26.0 Å². The molecular weight excluding hydrogens is 424 g/mol. The number of esters is 1. The Labute approximate surface area is 190 Å². The van der Waals surface area contributed by atoms with E-state index >= 15 is 0 Å². The average molecular weight is 446 g/mol. The summed E-state index contributed by atoms with van der Waals surface area (Å²) in [5, 5.41) is 0. The van der Waals surface area contributed by atoms with Crippen molar-refractivity contribution in [2.75, 3.05) is 16.9 Å². The number of carbonyl (C=O) groups excluding carboxylic acids is 4. The minimum Gasteiger partial charge on any atom is -0.497 e. The number of imide groups is 1. The zero-order valence-corrected chi connectivity index (χ0v) is 18.3. The highest BCUT2D eigenvalue weighted by Crippen LogP contribution is 2.49. The predicted octanol–water partition coefficient (Wildman–Crippen LogP) is 2.60. The number of rotatable bonds is 4. The van der Waals surface area contributed by atoms with Gasteiger partial charge in [0.05, 0.1) is 30.7 Å². The highest BCUT2D eigenvalue weighted by atomic mass is 16.5. The molecule has 8 nitrogen and oxygen atoms in total. The maximum Gasteiger partial charge on any atom is 0.308 e. The highest BCUT2D eigenvalue weighted by molar-refractivity contribution is 6.24. The van der Waals surface area contributed by atoms with E-state index in [9.17, 15) is 19.2 Å². The summed E-state index contributed by atoms with van der Waals surface area (Å²) >= 11 is 0. The number of ether oxygens (including phenoxy) is 2. The Bertz CT molecular complexity index is 1220. The number of hydrogen-bond donors (Lipinski definition) is 0. The van der Waals surface area contributed by atoms with Gasteiger partial charge in [0.1, 0.15) is 17.5 Å². The molecule has 0 saturated carbocycles. The number of ketones is 1. The maximum atomic E-state index is 13.5. The monoisotopic (exact) mass is 446 g/mol. The Morgan fingerprint density at radius 2 is 1.58 bits per heavy atom. The standard InChI is InChI=1S/C25H22N2O6/c1-13(28)23-22-21(20-10-4-15-12-18(32-3)9-11-19(15)27(20)23)24(30)26(25(22)31)16-5-7-17(8-6-16)33-14(2)29/h4-12,20-23H,1-3H3/t20-,21+,22+,23-/m1/s1. The number of anilines is 2. The normalized spacial score (nSPS) is 24.9. The van der Waals surface area contributed by atoms with Crippen LogP contribution in [-0.4, -0.2) is 42.8 Å². The van der Waals surface area contributed by atoms with E-state index in [1.54, 1.807) is 25.3 Å². The highest BCUT2D eigenvalue weighted by Gasteiger charge is 2.63. The third kappa shape index (κ3) is 3.13. The number of carbonyl (C=O) groups is 4. The van der Waals surface area contributed by atoms with Gasteiger partial charge in [-0.1, -0.05) is 12.2 Å². The van der Waals surface area contributed by atoms with Gasteiger partial charge in [0.15, 0.2) is 5.78 Å². The summed E-state index contributed by atoms with van der Waals surface area (Å²) in [7, 11) is 1.58. The number of fused-ring (bicyclic) bond motifs is 5. The van der Waals surface area contributed by atoms with Crippen LogP contribution < -0.4 is 19.3 Å². The zero-order chi connectivity index (χ0) is 23.4. The minimum absolute atomic E-state index is 0.169. The SMILES string of the molecule is COc1ccc2c(c1)C=C[C@@H]1[C@@H]3C(=O)N(c4ccc(OC(C)=O)cc4)C(=O)[C@@H]3[C@@H](C(C)=O)N21. The molecule has 2 aromatic carbocycles. The molecular formula is C25H22N2O6. The van der Waals surface area contributed by atoms with Crippen molar-refractivity contribution >= 4 is 41.0 Å². The van der Waals surface area contributed by atoms with Crippen molar-refractivity contribution in [3.63, 3.8) is 0 Å². The minimum atomic E-state index is -0.786. The lowest BCUT2D eigenvalue weighted by Gasteiger charge is -2.36. The van der Waals surface area contributed by atoms with Crippen LogP contribution in [0.25, 0.3) is 6.08 Å². The molecule has 8 heteroatoms. The van der Waals surface area contributed by atoms with Crippen LogP contribution in [0.3, 0.4) is 0 Å². The molecule has 4 atom stereocenters. The summed E-state index contributed by atoms with van der Waals surface area (Å²) in [6, 6.07) is 10.6. The lowest BCUT2D eigenvalue weighted by molar-refractivity contribution is -0.132. The second-order valence-corrected chi connectivity index (χ2v) is 8.39. The van der Waals surface area contributed by atoms with Crippen LogP contribution in [0.15, 0.2) is 48.5 Å². The molecule has 0 aromatic heterocycles. The van der Waals surface area contributed by atoms with Gasteiger partial charge >= 0.3 is 5.97 Å². The van der Waals surface area contributed by atoms with Gasteiger partial charge in [0.2, 0.25) is 11.8 Å². The average Bonchev–Trinajstić information content (AvgIpc) is 3.26. The van der Waals surface area contributed by atoms with Crippen molar-refractivity contribution in [2.24, 2.45) is 11.8 Å². The molecule has 0 unspecified atom stereocenters. The lowest BCUT2D eigenvalue weighted by atomic mass is 9.88. The molecule has 33 heavy (non-hydrogen) atoms. The van der Waals surface area contributed by atoms with Crippen LogP contribution in [0.5, 0.6) is 11.5 Å². The van der Waals surface area contributed by atoms with Crippen molar-refractivity contribution in [3.8, 4) is 11.5 Å². The largest absolute Gasteiger partial charge is 0.497 e. The summed E-state index contributed by atoms with van der Waals surface area (Å²) in [6.45, 7) is 2.75. The van der Waals surface area contributed by atoms with Crippen LogP contribution in [0.4, 0.5) is 11.4 Å². The fourth-order valence-corrected chi connectivity index (χ4v) is 5.22. The zero-order valence-electron chi connectivity index (χ0n) is 18.3. The Hall–Kier alpha value is -3.94. The molecule has 3 aliphatic heterocycles. The molecule has 0 aliphatic carbocycles. The molecule has 2 aromatic rings. The van der Waals surface area contributed by atoms with E-state index in [0.29, 0.717) is 17.2 Å². The Morgan fingerprint density at radius 3 is 2.21 bits per heavy atom. The van der Waals surface area contributed by atoms with Crippen molar-refractivity contribution in [2.45, 2.75) is 25.9 Å². The molecule has 0 radical (unpaired) electrons. The van der Waals surface area contributed by atoms with E-state index < -0.39 is 35.8 Å². The number of methoxy groups -OCH3 is 1. The first kappa shape index (κ1) is 20.9. The first-order chi connectivity index (χ1) is 15.8. The van der Waals surface area contributed by atoms with Gasteiger partial charge in [-0.3, -0.25) is 19.2 Å². The molecule has 0 N–H and O–H groups in total. The van der Waals surface area contributed by atoms with Gasteiger partial charge in [-0.25, -0.2) is 4.90 Å². The molecule has 168 valence electrons. The fourth-order valence-electron chi connectivity index (χ4n) is 5.22. The molecule has 0 bridgehead atoms. The molecule has 3 aliphatic rings. The number of nitrogens with zero attached hydrogens (tertiary/aromatic N) is 2. The lowest BCUT2D eigenvalue weighted by Crippen LogP contribution is -2.48. The molecule has 2 saturated heterocycles. The van der Waals surface area contributed by atoms with E-state index in [1.807, 2.05) is 29.2 Å². The summed E-state index contributed by atoms with van der Waals surface area (Å²) < 4.78 is 10.3. The van der Waals surface area contributed by atoms with Crippen LogP contribution >= 0.6 is 0 Å². The second-order valence-electron chi connectivity index (χ2n) is 8.39. The van der Waals surface area contributed by atoms with Gasteiger partial charge in [-0.15, -0.1) is 0 Å². The Balaban J connectivity index is 1.53. The summed E-state index contributed by atoms with van der Waals surface area (Å²) in [4.78, 5) is 54.1. The number of benzene rings is 2. The quantitative estimate of drug-likeness (QED) is 0.405. The molecule has 0 spiro atoms. The van der Waals surface area contributed by atoms with Crippen LogP contribution in [-0.2, 0) is 19.2 Å². The van der Waals surface area contributed by atoms with Crippen molar-refractivity contribution < 1.29 is 28.7 Å². The van der Waals surface area contributed by atoms with Crippen LogP contribution in [0.1, 0.15) is 19.4 Å². The van der Waals surface area contributed by atoms with Crippen molar-refractivity contribution in [1.29, 1.82) is 0 Å². The number of hydrogen-bond acceptors (Lipinski definition) is 7. The third-order valence-electron chi connectivity index (χ3n) is 6.49. The van der Waals surface area contributed by atoms with E-state index in [4.69, 9.17) is 9.47 Å². The summed E-state index contributed by atoms with van der Waals surface area (Å²) in [5.74, 6) is -1.83. The summed E-state index contributed by atoms with van der Waals surface area (Å²) in [5.41, 5.74) is 2.06. The number of amides is 2. The van der Waals surface area contributed by atoms with E-state index in [2.05, 4.69) is 0 Å². The third-order valence-corrected chi connectivity index (χ3v) is 6.49. The molecule has 3 heterocycles. The first-order valence-electron chi connectivity index (χ1n) is 10.6. The van der Waals surface area contributed by atoms with Gasteiger partial charge in [-0.05, 0) is 49.4 Å². The summed E-state index contributed by atoms with van der Waals surface area (Å²) in [6.07, 6.45) is 3.80. The second kappa shape index (κ2) is 7.58. The van der Waals surface area contributed by atoms with Crippen LogP contribution in [0, 0.1) is 11.8 Å². The predicted molar refractivity (Wildman–Crippen MR) is 120 cm³/mol. The smallest absolute Gasteiger partial charge is 0.308 e. The molecule has 2 amide bonds. The maximum absolute atomic E-state index is 13.5. The van der Waals surface area contributed by atoms with Gasteiger partial charge in [0.25, 0.3) is 0 Å². The Kier molecular flexibility index (Phi) is 4.81. The van der Waals surface area contributed by atoms with E-state index in [0.717, 1.165) is 16.2 Å². The van der Waals surface area contributed by atoms with Crippen molar-refractivity contribution in [3.05, 3.63) is 54.1 Å². The molecule has 5 rings (SSSR count). The van der Waals surface area contributed by atoms with Gasteiger partial charge in [0, 0.05) is 18.2 Å². The van der Waals surface area contributed by atoms with Crippen molar-refractivity contribution in [1.82, 2.24) is 0 Å². The Morgan fingerprint density at radius 1 is 0.909 bits per heavy atom. The number of Topliss-reactive ketones (excluding diaryl/α,β-unsaturated/α-hetero) is 1. The van der Waals surface area contributed by atoms with E-state index in [-0.39, 0.29) is 11.7 Å². The fraction of sp³-hybridized carbons (Fsp3) is 0.280. The molecule has 2 fully saturated rings. The van der Waals surface area contributed by atoms with Gasteiger partial charge < -0.3 is 14.4 Å². The topological polar surface area (TPSA) is 93.2 Å².